The van der Waals surface area contributed by atoms with E-state index in [9.17, 15) is 8.42 Å². The molecule has 0 bridgehead atoms. The molecular formula is C13H24N4O2S. The largest absolute Gasteiger partial charge is 0.308 e. The molecule has 1 aromatic rings. The number of nitrogens with one attached hydrogen (secondary N) is 2. The van der Waals surface area contributed by atoms with Crippen molar-refractivity contribution in [2.45, 2.75) is 32.6 Å². The van der Waals surface area contributed by atoms with E-state index in [2.05, 4.69) is 42.8 Å². The van der Waals surface area contributed by atoms with Crippen LogP contribution in [0.25, 0.3) is 0 Å². The van der Waals surface area contributed by atoms with Gasteiger partial charge in [-0.05, 0) is 23.8 Å². The number of hydrazine groups is 1. The first-order valence-corrected chi connectivity index (χ1v) is 8.18. The fraction of sp³-hybridized carbons (Fsp3) is 0.615. The number of anilines is 1. The van der Waals surface area contributed by atoms with E-state index in [0.29, 0.717) is 30.1 Å². The van der Waals surface area contributed by atoms with Crippen molar-refractivity contribution in [1.82, 2.24) is 9.71 Å². The zero-order valence-corrected chi connectivity index (χ0v) is 13.2. The maximum Gasteiger partial charge on any atom is 0.240 e. The first-order valence-electron chi connectivity index (χ1n) is 6.70. The standard InChI is InChI=1S/C13H24N4O2S/c1-9(2)12(10(3)4)8-16-20(18,19)11-5-6-15-13(7-11)17-14/h5-7,9-10,12,16H,8,14H2,1-4H3,(H,15,17). The van der Waals surface area contributed by atoms with Crippen LogP contribution in [0.2, 0.25) is 0 Å². The van der Waals surface area contributed by atoms with E-state index in [0.717, 1.165) is 0 Å². The van der Waals surface area contributed by atoms with Gasteiger partial charge in [-0.15, -0.1) is 0 Å². The number of nitrogens with zero attached hydrogens (tertiary/aromatic N) is 1. The number of aromatic nitrogens is 1. The minimum Gasteiger partial charge on any atom is -0.308 e. The monoisotopic (exact) mass is 300 g/mol. The summed E-state index contributed by atoms with van der Waals surface area (Å²) >= 11 is 0. The number of sulfonamides is 1. The fourth-order valence-corrected chi connectivity index (χ4v) is 3.27. The summed E-state index contributed by atoms with van der Waals surface area (Å²) in [6.07, 6.45) is 1.41. The van der Waals surface area contributed by atoms with Gasteiger partial charge in [0, 0.05) is 18.8 Å². The van der Waals surface area contributed by atoms with Crippen molar-refractivity contribution in [3.05, 3.63) is 18.3 Å². The molecule has 0 unspecified atom stereocenters. The lowest BCUT2D eigenvalue weighted by atomic mass is 9.86. The summed E-state index contributed by atoms with van der Waals surface area (Å²) in [5.74, 6) is 6.67. The number of nitrogen functional groups attached to an aromatic ring is 1. The average Bonchev–Trinajstić information content (AvgIpc) is 2.38. The highest BCUT2D eigenvalue weighted by atomic mass is 32.2. The predicted molar refractivity (Wildman–Crippen MR) is 80.4 cm³/mol. The molecule has 114 valence electrons. The summed E-state index contributed by atoms with van der Waals surface area (Å²) in [5, 5.41) is 0. The summed E-state index contributed by atoms with van der Waals surface area (Å²) in [6, 6.07) is 2.85. The third-order valence-corrected chi connectivity index (χ3v) is 4.83. The zero-order valence-electron chi connectivity index (χ0n) is 12.4. The zero-order chi connectivity index (χ0) is 15.3. The second kappa shape index (κ2) is 7.01. The molecule has 0 aliphatic heterocycles. The van der Waals surface area contributed by atoms with Gasteiger partial charge in [-0.25, -0.2) is 24.0 Å². The summed E-state index contributed by atoms with van der Waals surface area (Å²) in [4.78, 5) is 4.05. The van der Waals surface area contributed by atoms with Crippen LogP contribution in [0, 0.1) is 17.8 Å². The maximum absolute atomic E-state index is 12.2. The molecule has 0 saturated heterocycles. The molecule has 6 nitrogen and oxygen atoms in total. The number of hydrogen-bond donors (Lipinski definition) is 3. The number of rotatable bonds is 7. The van der Waals surface area contributed by atoms with Gasteiger partial charge in [0.25, 0.3) is 0 Å². The van der Waals surface area contributed by atoms with Gasteiger partial charge in [-0.3, -0.25) is 0 Å². The van der Waals surface area contributed by atoms with Crippen molar-refractivity contribution >= 4 is 15.8 Å². The van der Waals surface area contributed by atoms with Crippen LogP contribution in [-0.4, -0.2) is 19.9 Å². The molecule has 1 heterocycles. The van der Waals surface area contributed by atoms with E-state index >= 15 is 0 Å². The van der Waals surface area contributed by atoms with Gasteiger partial charge in [-0.1, -0.05) is 27.7 Å². The number of pyridine rings is 1. The topological polar surface area (TPSA) is 97.1 Å². The Balaban J connectivity index is 2.84. The second-order valence-electron chi connectivity index (χ2n) is 5.52. The van der Waals surface area contributed by atoms with Crippen molar-refractivity contribution in [3.63, 3.8) is 0 Å². The molecule has 0 radical (unpaired) electrons. The molecule has 0 atom stereocenters. The van der Waals surface area contributed by atoms with Crippen LogP contribution in [0.5, 0.6) is 0 Å². The lowest BCUT2D eigenvalue weighted by Gasteiger charge is -2.25. The first kappa shape index (κ1) is 16.9. The smallest absolute Gasteiger partial charge is 0.240 e. The Hall–Kier alpha value is -1.18. The Morgan fingerprint density at radius 1 is 1.25 bits per heavy atom. The van der Waals surface area contributed by atoms with Crippen molar-refractivity contribution in [2.75, 3.05) is 12.0 Å². The SMILES string of the molecule is CC(C)C(CNS(=O)(=O)c1ccnc(NN)c1)C(C)C. The quantitative estimate of drug-likeness (QED) is 0.524. The highest BCUT2D eigenvalue weighted by molar-refractivity contribution is 7.89. The predicted octanol–water partition coefficient (Wildman–Crippen LogP) is 1.57. The lowest BCUT2D eigenvalue weighted by molar-refractivity contribution is 0.289. The molecule has 1 aromatic heterocycles. The third-order valence-electron chi connectivity index (χ3n) is 3.41. The summed E-state index contributed by atoms with van der Waals surface area (Å²) in [7, 11) is -3.54. The van der Waals surface area contributed by atoms with Gasteiger partial charge in [0.05, 0.1) is 4.90 Å². The first-order chi connectivity index (χ1) is 9.27. The van der Waals surface area contributed by atoms with E-state index in [1.807, 2.05) is 0 Å². The van der Waals surface area contributed by atoms with Gasteiger partial charge in [0.15, 0.2) is 0 Å². The highest BCUT2D eigenvalue weighted by Gasteiger charge is 2.21. The van der Waals surface area contributed by atoms with Gasteiger partial charge < -0.3 is 5.43 Å². The number of nitrogens with two attached hydrogens (primary N) is 1. The average molecular weight is 300 g/mol. The lowest BCUT2D eigenvalue weighted by Crippen LogP contribution is -2.34. The molecule has 0 aliphatic rings. The molecule has 0 saturated carbocycles. The molecule has 7 heteroatoms. The summed E-state index contributed by atoms with van der Waals surface area (Å²) in [6.45, 7) is 8.82. The molecule has 4 N–H and O–H groups in total. The van der Waals surface area contributed by atoms with Gasteiger partial charge in [0.1, 0.15) is 5.82 Å². The molecule has 0 amide bonds. The van der Waals surface area contributed by atoms with Crippen LogP contribution in [0.4, 0.5) is 5.82 Å². The third kappa shape index (κ3) is 4.43. The number of hydrogen-bond acceptors (Lipinski definition) is 5. The van der Waals surface area contributed by atoms with Gasteiger partial charge in [0.2, 0.25) is 10.0 Å². The minimum atomic E-state index is -3.54. The molecular weight excluding hydrogens is 276 g/mol. The Morgan fingerprint density at radius 3 is 2.35 bits per heavy atom. The molecule has 0 spiro atoms. The van der Waals surface area contributed by atoms with Crippen LogP contribution in [-0.2, 0) is 10.0 Å². The van der Waals surface area contributed by atoms with Crippen LogP contribution in [0.1, 0.15) is 27.7 Å². The van der Waals surface area contributed by atoms with Crippen LogP contribution in [0.3, 0.4) is 0 Å². The van der Waals surface area contributed by atoms with E-state index < -0.39 is 10.0 Å². The van der Waals surface area contributed by atoms with Crippen molar-refractivity contribution in [1.29, 1.82) is 0 Å². The van der Waals surface area contributed by atoms with E-state index in [-0.39, 0.29) is 4.90 Å². The van der Waals surface area contributed by atoms with E-state index in [1.54, 1.807) is 0 Å². The second-order valence-corrected chi connectivity index (χ2v) is 7.29. The molecule has 20 heavy (non-hydrogen) atoms. The maximum atomic E-state index is 12.2. The van der Waals surface area contributed by atoms with E-state index in [1.165, 1.54) is 18.3 Å². The summed E-state index contributed by atoms with van der Waals surface area (Å²) in [5.41, 5.74) is 2.34. The summed E-state index contributed by atoms with van der Waals surface area (Å²) < 4.78 is 27.2. The van der Waals surface area contributed by atoms with Crippen molar-refractivity contribution < 1.29 is 8.42 Å². The molecule has 1 rings (SSSR count). The minimum absolute atomic E-state index is 0.159. The van der Waals surface area contributed by atoms with E-state index in [4.69, 9.17) is 5.84 Å². The van der Waals surface area contributed by atoms with Crippen molar-refractivity contribution in [3.8, 4) is 0 Å². The molecule has 0 aliphatic carbocycles. The van der Waals surface area contributed by atoms with Crippen LogP contribution in [0.15, 0.2) is 23.2 Å². The van der Waals surface area contributed by atoms with Crippen molar-refractivity contribution in [2.24, 2.45) is 23.6 Å². The molecule has 0 fully saturated rings. The Kier molecular flexibility index (Phi) is 5.91. The Morgan fingerprint density at radius 2 is 1.85 bits per heavy atom. The fourth-order valence-electron chi connectivity index (χ4n) is 2.19. The van der Waals surface area contributed by atoms with Gasteiger partial charge in [-0.2, -0.15) is 0 Å². The van der Waals surface area contributed by atoms with Crippen LogP contribution >= 0.6 is 0 Å². The highest BCUT2D eigenvalue weighted by Crippen LogP contribution is 2.20. The van der Waals surface area contributed by atoms with Crippen LogP contribution < -0.4 is 16.0 Å². The Labute approximate surface area is 121 Å². The Bertz CT molecular complexity index is 521. The normalized spacial score (nSPS) is 12.4. The molecule has 0 aromatic carbocycles. The van der Waals surface area contributed by atoms with Gasteiger partial charge >= 0.3 is 0 Å².